The second kappa shape index (κ2) is 16.5. The van der Waals surface area contributed by atoms with E-state index < -0.39 is 36.6 Å². The molecule has 0 spiro atoms. The molecule has 2 saturated heterocycles. The lowest BCUT2D eigenvalue weighted by molar-refractivity contribution is 0.00578. The van der Waals surface area contributed by atoms with Crippen molar-refractivity contribution in [3.63, 3.8) is 0 Å². The Labute approximate surface area is 358 Å². The van der Waals surface area contributed by atoms with Gasteiger partial charge in [0.15, 0.2) is 0 Å². The summed E-state index contributed by atoms with van der Waals surface area (Å²) in [4.78, 5) is 2.48. The van der Waals surface area contributed by atoms with Gasteiger partial charge in [-0.2, -0.15) is 0 Å². The Morgan fingerprint density at radius 1 is 0.458 bits per heavy atom. The summed E-state index contributed by atoms with van der Waals surface area (Å²) in [5, 5.41) is 0. The van der Waals surface area contributed by atoms with E-state index in [0.717, 1.165) is 53.7 Å². The van der Waals surface area contributed by atoms with E-state index in [9.17, 15) is 0 Å². The minimum atomic E-state index is -0.416. The first-order valence-corrected chi connectivity index (χ1v) is 22.8. The molecule has 0 aromatic heterocycles. The van der Waals surface area contributed by atoms with E-state index in [-0.39, 0.29) is 5.41 Å². The first-order chi connectivity index (χ1) is 27.8. The molecule has 314 valence electrons. The van der Waals surface area contributed by atoms with Crippen LogP contribution in [-0.4, -0.2) is 36.6 Å². The molecule has 4 aromatic rings. The third-order valence-corrected chi connectivity index (χ3v) is 14.5. The van der Waals surface area contributed by atoms with Crippen molar-refractivity contribution < 1.29 is 18.6 Å². The summed E-state index contributed by atoms with van der Waals surface area (Å²) in [5.74, 6) is 0. The molecule has 7 heteroatoms. The van der Waals surface area contributed by atoms with Gasteiger partial charge < -0.3 is 23.5 Å². The lowest BCUT2D eigenvalue weighted by Crippen LogP contribution is -2.41. The highest BCUT2D eigenvalue weighted by molar-refractivity contribution is 6.63. The highest BCUT2D eigenvalue weighted by Crippen LogP contribution is 2.51. The normalized spacial score (nSPS) is 19.3. The fourth-order valence-corrected chi connectivity index (χ4v) is 9.21. The second-order valence-electron chi connectivity index (χ2n) is 20.3. The number of rotatable bonds is 15. The van der Waals surface area contributed by atoms with Crippen LogP contribution in [0.2, 0.25) is 0 Å². The molecule has 0 radical (unpaired) electrons. The lowest BCUT2D eigenvalue weighted by atomic mass is 9.74. The number of hydrogen-bond acceptors (Lipinski definition) is 5. The van der Waals surface area contributed by atoms with Gasteiger partial charge in [0, 0.05) is 22.5 Å². The molecule has 0 amide bonds. The maximum Gasteiger partial charge on any atom is 0.495 e. The zero-order chi connectivity index (χ0) is 42.5. The van der Waals surface area contributed by atoms with Gasteiger partial charge in [-0.3, -0.25) is 0 Å². The molecule has 4 aromatic carbocycles. The first-order valence-electron chi connectivity index (χ1n) is 22.8. The highest BCUT2D eigenvalue weighted by atomic mass is 16.7. The van der Waals surface area contributed by atoms with Gasteiger partial charge in [0.1, 0.15) is 0 Å². The highest BCUT2D eigenvalue weighted by Gasteiger charge is 2.53. The molecular formula is C52H71B2NO4. The van der Waals surface area contributed by atoms with Crippen LogP contribution in [0.4, 0.5) is 17.1 Å². The third kappa shape index (κ3) is 8.36. The standard InChI is InChI=1S/C52H71B2NO4/c1-14-16-18-20-22-37-33-39(26-30-46(37)53-56-49(6,7)50(8,9)57-53)55(41-25-29-43-42-28-24-36(3)32-44(42)48(4,5)45(43)35-41)40-27-31-47(38(34-40)23-21-19-17-15-2)54-58-51(10,11)52(12,13)59-54/h24-35H,14-23H2,1-13H3. The Morgan fingerprint density at radius 2 is 0.847 bits per heavy atom. The summed E-state index contributed by atoms with van der Waals surface area (Å²) < 4.78 is 26.8. The fraction of sp³-hybridized carbons (Fsp3) is 0.538. The summed E-state index contributed by atoms with van der Waals surface area (Å²) >= 11 is 0. The van der Waals surface area contributed by atoms with Gasteiger partial charge in [-0.05, 0) is 169 Å². The predicted molar refractivity (Wildman–Crippen MR) is 251 cm³/mol. The van der Waals surface area contributed by atoms with Crippen LogP contribution in [-0.2, 0) is 36.9 Å². The SMILES string of the molecule is CCCCCCc1cc(N(c2ccc(B3OC(C)(C)C(C)(C)O3)c(CCCCCC)c2)c2ccc3c(c2)C(C)(C)c2cc(C)ccc2-3)ccc1B1OC(C)(C)C(C)(C)O1. The van der Waals surface area contributed by atoms with Crippen LogP contribution < -0.4 is 15.8 Å². The summed E-state index contributed by atoms with van der Waals surface area (Å²) in [7, 11) is -0.833. The van der Waals surface area contributed by atoms with E-state index in [4.69, 9.17) is 18.6 Å². The van der Waals surface area contributed by atoms with E-state index in [1.165, 1.54) is 77.5 Å². The van der Waals surface area contributed by atoms with E-state index >= 15 is 0 Å². The summed E-state index contributed by atoms with van der Waals surface area (Å²) in [6.45, 7) is 28.7. The molecule has 2 fully saturated rings. The van der Waals surface area contributed by atoms with Crippen LogP contribution in [0.15, 0.2) is 72.8 Å². The molecule has 0 bridgehead atoms. The molecule has 1 aliphatic carbocycles. The number of nitrogens with zero attached hydrogens (tertiary/aromatic N) is 1. The summed E-state index contributed by atoms with van der Waals surface area (Å²) in [5.41, 5.74) is 13.2. The molecule has 59 heavy (non-hydrogen) atoms. The van der Waals surface area contributed by atoms with E-state index in [1.54, 1.807) is 0 Å². The van der Waals surface area contributed by atoms with Crippen LogP contribution in [0.25, 0.3) is 11.1 Å². The number of aryl methyl sites for hydroxylation is 3. The molecule has 2 aliphatic heterocycles. The van der Waals surface area contributed by atoms with E-state index in [1.807, 2.05) is 0 Å². The molecule has 0 atom stereocenters. The van der Waals surface area contributed by atoms with Gasteiger partial charge in [-0.15, -0.1) is 0 Å². The Hall–Kier alpha value is -3.35. The van der Waals surface area contributed by atoms with Gasteiger partial charge in [0.25, 0.3) is 0 Å². The number of fused-ring (bicyclic) bond motifs is 3. The zero-order valence-electron chi connectivity index (χ0n) is 38.7. The van der Waals surface area contributed by atoms with Crippen LogP contribution in [0.3, 0.4) is 0 Å². The number of hydrogen-bond donors (Lipinski definition) is 0. The Bertz CT molecular complexity index is 2030. The number of unbranched alkanes of at least 4 members (excludes halogenated alkanes) is 6. The van der Waals surface area contributed by atoms with Gasteiger partial charge in [-0.25, -0.2) is 0 Å². The maximum absolute atomic E-state index is 6.70. The first kappa shape index (κ1) is 43.7. The molecule has 0 saturated carbocycles. The van der Waals surface area contributed by atoms with Crippen LogP contribution in [0.5, 0.6) is 0 Å². The number of benzene rings is 4. The quantitative estimate of drug-likeness (QED) is 0.0885. The predicted octanol–water partition coefficient (Wildman–Crippen LogP) is 12.6. The summed E-state index contributed by atoms with van der Waals surface area (Å²) in [6, 6.07) is 28.1. The molecule has 5 nitrogen and oxygen atoms in total. The van der Waals surface area contributed by atoms with Gasteiger partial charge in [0.05, 0.1) is 22.4 Å². The van der Waals surface area contributed by atoms with Gasteiger partial charge in [-0.1, -0.05) is 108 Å². The minimum absolute atomic E-state index is 0.130. The largest absolute Gasteiger partial charge is 0.495 e. The van der Waals surface area contributed by atoms with Crippen molar-refractivity contribution in [1.82, 2.24) is 0 Å². The Kier molecular flexibility index (Phi) is 12.2. The fourth-order valence-electron chi connectivity index (χ4n) is 9.21. The minimum Gasteiger partial charge on any atom is -0.399 e. The topological polar surface area (TPSA) is 40.2 Å². The van der Waals surface area contributed by atoms with Crippen molar-refractivity contribution in [1.29, 1.82) is 0 Å². The van der Waals surface area contributed by atoms with Crippen LogP contribution >= 0.6 is 0 Å². The second-order valence-corrected chi connectivity index (χ2v) is 20.3. The van der Waals surface area contributed by atoms with E-state index in [0.29, 0.717) is 0 Å². The molecule has 0 unspecified atom stereocenters. The molecule has 2 heterocycles. The van der Waals surface area contributed by atoms with Crippen LogP contribution in [0.1, 0.15) is 162 Å². The van der Waals surface area contributed by atoms with Crippen molar-refractivity contribution in [2.75, 3.05) is 4.90 Å². The third-order valence-electron chi connectivity index (χ3n) is 14.5. The average molecular weight is 796 g/mol. The van der Waals surface area contributed by atoms with Gasteiger partial charge in [0.2, 0.25) is 0 Å². The molecule has 7 rings (SSSR count). The zero-order valence-corrected chi connectivity index (χ0v) is 38.7. The maximum atomic E-state index is 6.70. The monoisotopic (exact) mass is 796 g/mol. The molecule has 0 N–H and O–H groups in total. The molecular weight excluding hydrogens is 724 g/mol. The van der Waals surface area contributed by atoms with Crippen molar-refractivity contribution in [2.45, 2.75) is 182 Å². The number of anilines is 3. The van der Waals surface area contributed by atoms with Gasteiger partial charge >= 0.3 is 14.2 Å². The Morgan fingerprint density at radius 3 is 1.29 bits per heavy atom. The summed E-state index contributed by atoms with van der Waals surface area (Å²) in [6.07, 6.45) is 11.5. The van der Waals surface area contributed by atoms with Crippen molar-refractivity contribution in [3.05, 3.63) is 101 Å². The smallest absolute Gasteiger partial charge is 0.399 e. The van der Waals surface area contributed by atoms with Crippen molar-refractivity contribution in [3.8, 4) is 11.1 Å². The molecule has 3 aliphatic rings. The van der Waals surface area contributed by atoms with Crippen molar-refractivity contribution >= 4 is 42.2 Å². The van der Waals surface area contributed by atoms with Crippen LogP contribution in [0, 0.1) is 6.92 Å². The lowest BCUT2D eigenvalue weighted by Gasteiger charge is -2.32. The van der Waals surface area contributed by atoms with Crippen molar-refractivity contribution in [2.24, 2.45) is 0 Å². The van der Waals surface area contributed by atoms with E-state index in [2.05, 4.69) is 168 Å². The average Bonchev–Trinajstić information content (AvgIpc) is 3.64. The Balaban J connectivity index is 1.38.